The molecule has 0 aliphatic carbocycles. The lowest BCUT2D eigenvalue weighted by Crippen LogP contribution is -2.24. The molecule has 4 nitrogen and oxygen atoms in total. The third-order valence-corrected chi connectivity index (χ3v) is 3.10. The maximum Gasteiger partial charge on any atom is 0.246 e. The van der Waals surface area contributed by atoms with Crippen LogP contribution >= 0.6 is 0 Å². The van der Waals surface area contributed by atoms with Gasteiger partial charge in [0, 0.05) is 30.9 Å². The molecule has 2 N–H and O–H groups in total. The molecule has 0 radical (unpaired) electrons. The number of hydrogen-bond acceptors (Lipinski definition) is 3. The highest BCUT2D eigenvalue weighted by molar-refractivity contribution is 5.91. The molecule has 0 unspecified atom stereocenters. The van der Waals surface area contributed by atoms with Crippen molar-refractivity contribution in [2.45, 2.75) is 13.5 Å². The molecule has 0 atom stereocenters. The molecule has 0 aliphatic rings. The predicted molar refractivity (Wildman–Crippen MR) is 79.8 cm³/mol. The normalized spacial score (nSPS) is 10.9. The van der Waals surface area contributed by atoms with Gasteiger partial charge >= 0.3 is 0 Å². The maximum absolute atomic E-state index is 12.0. The van der Waals surface area contributed by atoms with E-state index >= 15 is 0 Å². The lowest BCUT2D eigenvalue weighted by atomic mass is 10.2. The van der Waals surface area contributed by atoms with Crippen LogP contribution in [0.4, 0.5) is 5.69 Å². The number of rotatable bonds is 4. The molecule has 20 heavy (non-hydrogen) atoms. The van der Waals surface area contributed by atoms with E-state index in [4.69, 9.17) is 10.2 Å². The van der Waals surface area contributed by atoms with E-state index < -0.39 is 0 Å². The van der Waals surface area contributed by atoms with Crippen molar-refractivity contribution in [1.82, 2.24) is 4.90 Å². The number of hydrogen-bond donors (Lipinski definition) is 1. The summed E-state index contributed by atoms with van der Waals surface area (Å²) in [5.41, 5.74) is 8.28. The van der Waals surface area contributed by atoms with E-state index in [-0.39, 0.29) is 5.91 Å². The summed E-state index contributed by atoms with van der Waals surface area (Å²) in [6.45, 7) is 2.42. The van der Waals surface area contributed by atoms with Crippen molar-refractivity contribution >= 4 is 17.7 Å². The molecule has 104 valence electrons. The molecule has 1 aromatic heterocycles. The van der Waals surface area contributed by atoms with Gasteiger partial charge in [-0.1, -0.05) is 12.1 Å². The van der Waals surface area contributed by atoms with Gasteiger partial charge in [0.2, 0.25) is 5.91 Å². The number of nitrogen functional groups attached to an aromatic ring is 1. The van der Waals surface area contributed by atoms with Gasteiger partial charge in [0.15, 0.2) is 0 Å². The fraction of sp³-hybridized carbons (Fsp3) is 0.188. The standard InChI is InChI=1S/C16H18N2O2/c1-12-14(9-10-20-12)11-18(2)16(19)8-5-13-3-6-15(17)7-4-13/h3-10H,11,17H2,1-2H3/b8-5+. The summed E-state index contributed by atoms with van der Waals surface area (Å²) >= 11 is 0. The zero-order valence-corrected chi connectivity index (χ0v) is 11.7. The number of furan rings is 1. The molecule has 1 heterocycles. The van der Waals surface area contributed by atoms with Crippen LogP contribution in [0.25, 0.3) is 6.08 Å². The number of benzene rings is 1. The molecule has 4 heteroatoms. The lowest BCUT2D eigenvalue weighted by Gasteiger charge is -2.14. The summed E-state index contributed by atoms with van der Waals surface area (Å²) in [6, 6.07) is 9.24. The molecule has 0 spiro atoms. The Morgan fingerprint density at radius 3 is 2.60 bits per heavy atom. The van der Waals surface area contributed by atoms with Gasteiger partial charge in [-0.25, -0.2) is 0 Å². The Labute approximate surface area is 118 Å². The second-order valence-corrected chi connectivity index (χ2v) is 4.70. The van der Waals surface area contributed by atoms with Crippen LogP contribution in [0.2, 0.25) is 0 Å². The molecule has 0 fully saturated rings. The van der Waals surface area contributed by atoms with Gasteiger partial charge in [0.05, 0.1) is 6.26 Å². The predicted octanol–water partition coefficient (Wildman–Crippen LogP) is 2.84. The average molecular weight is 270 g/mol. The Bertz CT molecular complexity index is 612. The highest BCUT2D eigenvalue weighted by Crippen LogP contribution is 2.12. The number of likely N-dealkylation sites (N-methyl/N-ethyl adjacent to an activating group) is 1. The second-order valence-electron chi connectivity index (χ2n) is 4.70. The number of anilines is 1. The summed E-state index contributed by atoms with van der Waals surface area (Å²) in [7, 11) is 1.77. The number of aryl methyl sites for hydroxylation is 1. The summed E-state index contributed by atoms with van der Waals surface area (Å²) in [5, 5.41) is 0. The van der Waals surface area contributed by atoms with Gasteiger partial charge in [0.1, 0.15) is 5.76 Å². The van der Waals surface area contributed by atoms with Crippen molar-refractivity contribution in [2.24, 2.45) is 0 Å². The third kappa shape index (κ3) is 3.51. The Morgan fingerprint density at radius 1 is 1.30 bits per heavy atom. The van der Waals surface area contributed by atoms with Crippen LogP contribution in [0.5, 0.6) is 0 Å². The zero-order valence-electron chi connectivity index (χ0n) is 11.7. The van der Waals surface area contributed by atoms with Gasteiger partial charge in [-0.15, -0.1) is 0 Å². The maximum atomic E-state index is 12.0. The number of nitrogens with zero attached hydrogens (tertiary/aromatic N) is 1. The summed E-state index contributed by atoms with van der Waals surface area (Å²) < 4.78 is 5.22. The van der Waals surface area contributed by atoms with Crippen LogP contribution in [0.15, 0.2) is 47.1 Å². The number of carbonyl (C=O) groups is 1. The summed E-state index contributed by atoms with van der Waals surface area (Å²) in [4.78, 5) is 13.6. The van der Waals surface area contributed by atoms with Crippen molar-refractivity contribution in [3.05, 3.63) is 59.6 Å². The van der Waals surface area contributed by atoms with Crippen molar-refractivity contribution in [3.63, 3.8) is 0 Å². The topological polar surface area (TPSA) is 59.5 Å². The number of nitrogens with two attached hydrogens (primary N) is 1. The summed E-state index contributed by atoms with van der Waals surface area (Å²) in [6.07, 6.45) is 4.97. The molecule has 0 saturated carbocycles. The Kier molecular flexibility index (Phi) is 4.25. The Balaban J connectivity index is 1.97. The SMILES string of the molecule is Cc1occc1CN(C)C(=O)/C=C/c1ccc(N)cc1. The van der Waals surface area contributed by atoms with Gasteiger partial charge in [-0.05, 0) is 36.8 Å². The first-order chi connectivity index (χ1) is 9.56. The zero-order chi connectivity index (χ0) is 14.5. The Morgan fingerprint density at radius 2 is 2.00 bits per heavy atom. The van der Waals surface area contributed by atoms with Gasteiger partial charge in [-0.3, -0.25) is 4.79 Å². The van der Waals surface area contributed by atoms with Gasteiger partial charge < -0.3 is 15.1 Å². The van der Waals surface area contributed by atoms with E-state index in [2.05, 4.69) is 0 Å². The van der Waals surface area contributed by atoms with E-state index in [9.17, 15) is 4.79 Å². The third-order valence-electron chi connectivity index (χ3n) is 3.10. The molecule has 0 bridgehead atoms. The minimum absolute atomic E-state index is 0.0533. The molecule has 2 rings (SSSR count). The molecular weight excluding hydrogens is 252 g/mol. The fourth-order valence-corrected chi connectivity index (χ4v) is 1.81. The largest absolute Gasteiger partial charge is 0.469 e. The van der Waals surface area contributed by atoms with E-state index in [1.165, 1.54) is 0 Å². The Hall–Kier alpha value is -2.49. The van der Waals surface area contributed by atoms with Crippen LogP contribution in [0.1, 0.15) is 16.9 Å². The number of amides is 1. The van der Waals surface area contributed by atoms with Crippen LogP contribution in [-0.4, -0.2) is 17.9 Å². The van der Waals surface area contributed by atoms with Crippen molar-refractivity contribution in [2.75, 3.05) is 12.8 Å². The van der Waals surface area contributed by atoms with Crippen LogP contribution in [0.3, 0.4) is 0 Å². The van der Waals surface area contributed by atoms with E-state index in [0.717, 1.165) is 16.9 Å². The first-order valence-corrected chi connectivity index (χ1v) is 6.38. The molecule has 0 saturated heterocycles. The van der Waals surface area contributed by atoms with E-state index in [0.29, 0.717) is 12.2 Å². The molecule has 1 amide bonds. The van der Waals surface area contributed by atoms with Crippen LogP contribution in [0, 0.1) is 6.92 Å². The molecule has 0 aliphatic heterocycles. The first-order valence-electron chi connectivity index (χ1n) is 6.38. The smallest absolute Gasteiger partial charge is 0.246 e. The van der Waals surface area contributed by atoms with E-state index in [1.54, 1.807) is 30.4 Å². The van der Waals surface area contributed by atoms with Gasteiger partial charge in [0.25, 0.3) is 0 Å². The lowest BCUT2D eigenvalue weighted by molar-refractivity contribution is -0.125. The van der Waals surface area contributed by atoms with Crippen molar-refractivity contribution < 1.29 is 9.21 Å². The van der Waals surface area contributed by atoms with Crippen molar-refractivity contribution in [1.29, 1.82) is 0 Å². The average Bonchev–Trinajstić information content (AvgIpc) is 2.83. The molecular formula is C16H18N2O2. The van der Waals surface area contributed by atoms with Crippen LogP contribution < -0.4 is 5.73 Å². The molecule has 1 aromatic carbocycles. The minimum Gasteiger partial charge on any atom is -0.469 e. The van der Waals surface area contributed by atoms with Crippen LogP contribution in [-0.2, 0) is 11.3 Å². The molecule has 2 aromatic rings. The van der Waals surface area contributed by atoms with Crippen molar-refractivity contribution in [3.8, 4) is 0 Å². The second kappa shape index (κ2) is 6.10. The van der Waals surface area contributed by atoms with E-state index in [1.807, 2.05) is 37.3 Å². The highest BCUT2D eigenvalue weighted by atomic mass is 16.3. The minimum atomic E-state index is -0.0533. The summed E-state index contributed by atoms with van der Waals surface area (Å²) in [5.74, 6) is 0.787. The quantitative estimate of drug-likeness (QED) is 0.686. The fourth-order valence-electron chi connectivity index (χ4n) is 1.81. The highest BCUT2D eigenvalue weighted by Gasteiger charge is 2.08. The monoisotopic (exact) mass is 270 g/mol. The van der Waals surface area contributed by atoms with Gasteiger partial charge in [-0.2, -0.15) is 0 Å². The number of carbonyl (C=O) groups excluding carboxylic acids is 1. The first kappa shape index (κ1) is 13.9.